The molecule has 0 rings (SSSR count). The third kappa shape index (κ3) is 13.3. The van der Waals surface area contributed by atoms with Crippen molar-refractivity contribution in [2.45, 2.75) is 51.7 Å². The topological polar surface area (TPSA) is 84.6 Å². The number of hydrogen-bond donors (Lipinski definition) is 3. The van der Waals surface area contributed by atoms with E-state index in [-0.39, 0.29) is 11.5 Å². The SMILES string of the molecule is CC(C)(C)OCC(O)CNCCCCC(N)=O. The number of ether oxygens (including phenoxy) is 1. The number of carbonyl (C=O) groups excluding carboxylic acids is 1. The molecule has 0 aromatic heterocycles. The van der Waals surface area contributed by atoms with Gasteiger partial charge in [-0.25, -0.2) is 0 Å². The lowest BCUT2D eigenvalue weighted by atomic mass is 10.2. The maximum Gasteiger partial charge on any atom is 0.217 e. The quantitative estimate of drug-likeness (QED) is 0.514. The fourth-order valence-corrected chi connectivity index (χ4v) is 1.22. The van der Waals surface area contributed by atoms with Crippen LogP contribution in [-0.2, 0) is 9.53 Å². The van der Waals surface area contributed by atoms with Gasteiger partial charge in [0.05, 0.1) is 18.3 Å². The Morgan fingerprint density at radius 3 is 2.59 bits per heavy atom. The third-order valence-corrected chi connectivity index (χ3v) is 2.12. The van der Waals surface area contributed by atoms with Crippen LogP contribution in [0.4, 0.5) is 0 Å². The minimum absolute atomic E-state index is 0.220. The van der Waals surface area contributed by atoms with E-state index in [2.05, 4.69) is 5.32 Å². The van der Waals surface area contributed by atoms with Crippen LogP contribution in [0.5, 0.6) is 0 Å². The first kappa shape index (κ1) is 16.4. The van der Waals surface area contributed by atoms with Gasteiger partial charge >= 0.3 is 0 Å². The molecule has 0 aromatic rings. The number of primary amides is 1. The zero-order valence-electron chi connectivity index (χ0n) is 11.2. The summed E-state index contributed by atoms with van der Waals surface area (Å²) in [6.45, 7) is 7.48. The Hall–Kier alpha value is -0.650. The molecular weight excluding hydrogens is 220 g/mol. The third-order valence-electron chi connectivity index (χ3n) is 2.12. The maximum atomic E-state index is 10.5. The molecule has 1 amide bonds. The molecule has 1 atom stereocenters. The number of aliphatic hydroxyl groups is 1. The van der Waals surface area contributed by atoms with Crippen molar-refractivity contribution < 1.29 is 14.6 Å². The molecule has 0 bridgehead atoms. The molecule has 0 fully saturated rings. The van der Waals surface area contributed by atoms with Crippen LogP contribution < -0.4 is 11.1 Å². The van der Waals surface area contributed by atoms with E-state index >= 15 is 0 Å². The smallest absolute Gasteiger partial charge is 0.217 e. The monoisotopic (exact) mass is 246 g/mol. The average molecular weight is 246 g/mol. The summed E-state index contributed by atoms with van der Waals surface area (Å²) >= 11 is 0. The predicted molar refractivity (Wildman–Crippen MR) is 67.6 cm³/mol. The summed E-state index contributed by atoms with van der Waals surface area (Å²) in [5, 5.41) is 12.7. The molecule has 5 heteroatoms. The molecule has 0 aromatic carbocycles. The van der Waals surface area contributed by atoms with E-state index in [1.165, 1.54) is 0 Å². The normalized spacial score (nSPS) is 13.6. The Morgan fingerprint density at radius 2 is 2.06 bits per heavy atom. The predicted octanol–water partition coefficient (Wildman–Crippen LogP) is 0.408. The van der Waals surface area contributed by atoms with Crippen LogP contribution in [0.15, 0.2) is 0 Å². The van der Waals surface area contributed by atoms with Crippen LogP contribution >= 0.6 is 0 Å². The number of hydrogen-bond acceptors (Lipinski definition) is 4. The van der Waals surface area contributed by atoms with E-state index < -0.39 is 6.10 Å². The largest absolute Gasteiger partial charge is 0.389 e. The molecule has 0 saturated heterocycles. The van der Waals surface area contributed by atoms with E-state index in [0.29, 0.717) is 19.6 Å². The number of carbonyl (C=O) groups is 1. The fraction of sp³-hybridized carbons (Fsp3) is 0.917. The Bertz CT molecular complexity index is 214. The molecule has 4 N–H and O–H groups in total. The van der Waals surface area contributed by atoms with Gasteiger partial charge in [-0.15, -0.1) is 0 Å². The second kappa shape index (κ2) is 8.44. The van der Waals surface area contributed by atoms with Crippen molar-refractivity contribution in [1.82, 2.24) is 5.32 Å². The average Bonchev–Trinajstić information content (AvgIpc) is 2.19. The molecule has 0 saturated carbocycles. The van der Waals surface area contributed by atoms with Gasteiger partial charge < -0.3 is 20.9 Å². The Balaban J connectivity index is 3.33. The Kier molecular flexibility index (Phi) is 8.12. The Labute approximate surface area is 104 Å². The maximum absolute atomic E-state index is 10.5. The number of rotatable bonds is 9. The van der Waals surface area contributed by atoms with E-state index in [1.54, 1.807) is 0 Å². The molecule has 0 radical (unpaired) electrons. The highest BCUT2D eigenvalue weighted by atomic mass is 16.5. The van der Waals surface area contributed by atoms with Gasteiger partial charge in [0.2, 0.25) is 5.91 Å². The van der Waals surface area contributed by atoms with Gasteiger partial charge in [-0.2, -0.15) is 0 Å². The molecule has 0 aliphatic carbocycles. The van der Waals surface area contributed by atoms with Crippen LogP contribution in [0.25, 0.3) is 0 Å². The fourth-order valence-electron chi connectivity index (χ4n) is 1.22. The van der Waals surface area contributed by atoms with Gasteiger partial charge in [0.15, 0.2) is 0 Å². The van der Waals surface area contributed by atoms with E-state index in [9.17, 15) is 9.90 Å². The lowest BCUT2D eigenvalue weighted by molar-refractivity contribution is -0.118. The summed E-state index contributed by atoms with van der Waals surface area (Å²) < 4.78 is 5.45. The minimum atomic E-state index is -0.495. The zero-order chi connectivity index (χ0) is 13.3. The lowest BCUT2D eigenvalue weighted by Gasteiger charge is -2.22. The summed E-state index contributed by atoms with van der Waals surface area (Å²) in [7, 11) is 0. The van der Waals surface area contributed by atoms with Gasteiger partial charge in [0.25, 0.3) is 0 Å². The van der Waals surface area contributed by atoms with Crippen molar-refractivity contribution >= 4 is 5.91 Å². The number of aliphatic hydroxyl groups excluding tert-OH is 1. The van der Waals surface area contributed by atoms with Crippen molar-refractivity contribution in [1.29, 1.82) is 0 Å². The molecular formula is C12H26N2O3. The summed E-state index contributed by atoms with van der Waals surface area (Å²) in [4.78, 5) is 10.5. The van der Waals surface area contributed by atoms with E-state index in [0.717, 1.165) is 19.4 Å². The van der Waals surface area contributed by atoms with Crippen molar-refractivity contribution in [3.63, 3.8) is 0 Å². The molecule has 102 valence electrons. The summed E-state index contributed by atoms with van der Waals surface area (Å²) in [6, 6.07) is 0. The minimum Gasteiger partial charge on any atom is -0.389 e. The summed E-state index contributed by atoms with van der Waals surface area (Å²) in [6.07, 6.45) is 1.61. The lowest BCUT2D eigenvalue weighted by Crippen LogP contribution is -2.34. The van der Waals surface area contributed by atoms with Crippen molar-refractivity contribution in [3.05, 3.63) is 0 Å². The van der Waals surface area contributed by atoms with Crippen molar-refractivity contribution in [2.24, 2.45) is 5.73 Å². The van der Waals surface area contributed by atoms with Gasteiger partial charge in [-0.05, 0) is 40.2 Å². The number of nitrogens with two attached hydrogens (primary N) is 1. The highest BCUT2D eigenvalue weighted by Gasteiger charge is 2.13. The molecule has 0 aliphatic rings. The first-order valence-corrected chi connectivity index (χ1v) is 6.12. The number of amides is 1. The summed E-state index contributed by atoms with van der Waals surface area (Å²) in [5.41, 5.74) is 4.80. The van der Waals surface area contributed by atoms with Crippen LogP contribution in [-0.4, -0.2) is 42.4 Å². The molecule has 0 aliphatic heterocycles. The Morgan fingerprint density at radius 1 is 1.41 bits per heavy atom. The van der Waals surface area contributed by atoms with Crippen molar-refractivity contribution in [3.8, 4) is 0 Å². The van der Waals surface area contributed by atoms with Gasteiger partial charge in [-0.3, -0.25) is 4.79 Å². The van der Waals surface area contributed by atoms with Crippen LogP contribution in [0.1, 0.15) is 40.0 Å². The first-order valence-electron chi connectivity index (χ1n) is 6.12. The highest BCUT2D eigenvalue weighted by molar-refractivity contribution is 5.73. The van der Waals surface area contributed by atoms with Crippen LogP contribution in [0, 0.1) is 0 Å². The van der Waals surface area contributed by atoms with Crippen LogP contribution in [0.3, 0.4) is 0 Å². The molecule has 17 heavy (non-hydrogen) atoms. The molecule has 0 heterocycles. The molecule has 0 spiro atoms. The number of nitrogens with one attached hydrogen (secondary N) is 1. The van der Waals surface area contributed by atoms with Gasteiger partial charge in [-0.1, -0.05) is 0 Å². The molecule has 1 unspecified atom stereocenters. The van der Waals surface area contributed by atoms with Crippen molar-refractivity contribution in [2.75, 3.05) is 19.7 Å². The van der Waals surface area contributed by atoms with Gasteiger partial charge in [0, 0.05) is 13.0 Å². The standard InChI is InChI=1S/C12H26N2O3/c1-12(2,3)17-9-10(15)8-14-7-5-4-6-11(13)16/h10,14-15H,4-9H2,1-3H3,(H2,13,16). The number of unbranched alkanes of at least 4 members (excludes halogenated alkanes) is 1. The highest BCUT2D eigenvalue weighted by Crippen LogP contribution is 2.06. The zero-order valence-corrected chi connectivity index (χ0v) is 11.2. The summed E-state index contributed by atoms with van der Waals surface area (Å²) in [5.74, 6) is -0.261. The van der Waals surface area contributed by atoms with Gasteiger partial charge in [0.1, 0.15) is 0 Å². The molecule has 5 nitrogen and oxygen atoms in total. The van der Waals surface area contributed by atoms with E-state index in [1.807, 2.05) is 20.8 Å². The van der Waals surface area contributed by atoms with E-state index in [4.69, 9.17) is 10.5 Å². The van der Waals surface area contributed by atoms with Crippen LogP contribution in [0.2, 0.25) is 0 Å². The second-order valence-corrected chi connectivity index (χ2v) is 5.20. The second-order valence-electron chi connectivity index (χ2n) is 5.20. The first-order chi connectivity index (χ1) is 7.81.